The first-order chi connectivity index (χ1) is 13.6. The molecule has 0 aromatic rings. The lowest BCUT2D eigenvalue weighted by Crippen LogP contribution is -2.34. The van der Waals surface area contributed by atoms with E-state index in [4.69, 9.17) is 24.8 Å². The summed E-state index contributed by atoms with van der Waals surface area (Å²) in [6.07, 6.45) is 4.94. The Morgan fingerprint density at radius 2 is 1.59 bits per heavy atom. The number of unbranched alkanes of at least 4 members (excludes halogenated alkanes) is 5. The van der Waals surface area contributed by atoms with Gasteiger partial charge in [0.25, 0.3) is 0 Å². The number of carboxylic acid groups (broad SMARTS) is 1. The highest BCUT2D eigenvalue weighted by atomic mass is 31.2. The van der Waals surface area contributed by atoms with Crippen LogP contribution in [0, 0.1) is 0 Å². The van der Waals surface area contributed by atoms with Crippen molar-refractivity contribution in [1.82, 2.24) is 0 Å². The summed E-state index contributed by atoms with van der Waals surface area (Å²) in [6.45, 7) is 1.55. The van der Waals surface area contributed by atoms with Crippen molar-refractivity contribution in [3.8, 4) is 0 Å². The molecule has 0 spiro atoms. The topological polar surface area (TPSA) is 172 Å². The average molecular weight is 441 g/mol. The Bertz CT molecular complexity index is 556. The Morgan fingerprint density at radius 3 is 2.17 bits per heavy atom. The number of aliphatic carboxylic acids is 1. The number of carboxylic acids is 1. The van der Waals surface area contributed by atoms with Gasteiger partial charge in [-0.3, -0.25) is 23.4 Å². The largest absolute Gasteiger partial charge is 0.480 e. The molecule has 0 fully saturated rings. The normalized spacial score (nSPS) is 15.2. The van der Waals surface area contributed by atoms with Gasteiger partial charge in [-0.1, -0.05) is 39.0 Å². The lowest BCUT2D eigenvalue weighted by molar-refractivity contribution is -0.160. The van der Waals surface area contributed by atoms with E-state index in [0.717, 1.165) is 39.0 Å². The quantitative estimate of drug-likeness (QED) is 0.170. The zero-order valence-electron chi connectivity index (χ0n) is 16.9. The van der Waals surface area contributed by atoms with Crippen LogP contribution in [0.1, 0.15) is 58.8 Å². The third-order valence-electron chi connectivity index (χ3n) is 3.66. The van der Waals surface area contributed by atoms with Crippen LogP contribution in [-0.4, -0.2) is 59.9 Å². The van der Waals surface area contributed by atoms with Gasteiger partial charge in [0.2, 0.25) is 0 Å². The molecule has 170 valence electrons. The van der Waals surface area contributed by atoms with E-state index in [1.54, 1.807) is 0 Å². The Kier molecular flexibility index (Phi) is 14.5. The molecule has 29 heavy (non-hydrogen) atoms. The van der Waals surface area contributed by atoms with Crippen molar-refractivity contribution >= 4 is 25.7 Å². The minimum atomic E-state index is -4.64. The van der Waals surface area contributed by atoms with Crippen molar-refractivity contribution in [1.29, 1.82) is 0 Å². The first-order valence-electron chi connectivity index (χ1n) is 9.50. The smallest absolute Gasteiger partial charge is 0.472 e. The molecule has 0 amide bonds. The van der Waals surface area contributed by atoms with E-state index in [1.165, 1.54) is 0 Å². The lowest BCUT2D eigenvalue weighted by Gasteiger charge is -2.20. The van der Waals surface area contributed by atoms with Crippen LogP contribution >= 0.6 is 7.82 Å². The Morgan fingerprint density at radius 1 is 1.00 bits per heavy atom. The number of hydrogen-bond acceptors (Lipinski definition) is 9. The highest BCUT2D eigenvalue weighted by Crippen LogP contribution is 2.43. The van der Waals surface area contributed by atoms with Gasteiger partial charge in [0.1, 0.15) is 12.6 Å². The molecule has 11 nitrogen and oxygen atoms in total. The lowest BCUT2D eigenvalue weighted by atomic mass is 10.1. The summed E-state index contributed by atoms with van der Waals surface area (Å²) < 4.78 is 30.9. The van der Waals surface area contributed by atoms with Crippen LogP contribution in [0.15, 0.2) is 0 Å². The van der Waals surface area contributed by atoms with Crippen molar-refractivity contribution in [3.63, 3.8) is 0 Å². The molecule has 0 saturated carbocycles. The van der Waals surface area contributed by atoms with Gasteiger partial charge in [0, 0.05) is 13.3 Å². The molecule has 0 aliphatic rings. The summed E-state index contributed by atoms with van der Waals surface area (Å²) in [5.41, 5.74) is 5.17. The van der Waals surface area contributed by atoms with Gasteiger partial charge in [-0.25, -0.2) is 4.57 Å². The molecular weight excluding hydrogens is 409 g/mol. The third kappa shape index (κ3) is 16.0. The number of phosphoric ester groups is 1. The van der Waals surface area contributed by atoms with E-state index in [9.17, 15) is 23.8 Å². The minimum absolute atomic E-state index is 0.156. The van der Waals surface area contributed by atoms with Crippen LogP contribution in [0.25, 0.3) is 0 Å². The van der Waals surface area contributed by atoms with Gasteiger partial charge in [-0.05, 0) is 6.42 Å². The first kappa shape index (κ1) is 27.5. The van der Waals surface area contributed by atoms with Crippen molar-refractivity contribution in [2.24, 2.45) is 5.73 Å². The van der Waals surface area contributed by atoms with Gasteiger partial charge in [0.05, 0.1) is 13.2 Å². The van der Waals surface area contributed by atoms with Crippen LogP contribution < -0.4 is 5.73 Å². The van der Waals surface area contributed by atoms with Gasteiger partial charge < -0.3 is 25.2 Å². The maximum Gasteiger partial charge on any atom is 0.472 e. The minimum Gasteiger partial charge on any atom is -0.480 e. The zero-order chi connectivity index (χ0) is 22.3. The van der Waals surface area contributed by atoms with E-state index in [0.29, 0.717) is 6.42 Å². The number of nitrogens with two attached hydrogens (primary N) is 1. The van der Waals surface area contributed by atoms with Gasteiger partial charge in [-0.15, -0.1) is 0 Å². The van der Waals surface area contributed by atoms with E-state index >= 15 is 0 Å². The maximum absolute atomic E-state index is 11.9. The number of rotatable bonds is 17. The first-order valence-corrected chi connectivity index (χ1v) is 11.0. The fourth-order valence-electron chi connectivity index (χ4n) is 2.08. The number of ether oxygens (including phenoxy) is 2. The zero-order valence-corrected chi connectivity index (χ0v) is 17.8. The second-order valence-electron chi connectivity index (χ2n) is 6.44. The number of hydrogen-bond donors (Lipinski definition) is 3. The van der Waals surface area contributed by atoms with Gasteiger partial charge in [0.15, 0.2) is 6.10 Å². The molecule has 0 aliphatic carbocycles. The second kappa shape index (κ2) is 15.3. The van der Waals surface area contributed by atoms with Crippen molar-refractivity contribution in [3.05, 3.63) is 0 Å². The highest BCUT2D eigenvalue weighted by Gasteiger charge is 2.27. The number of esters is 2. The van der Waals surface area contributed by atoms with Crippen molar-refractivity contribution in [2.75, 3.05) is 19.8 Å². The summed E-state index contributed by atoms with van der Waals surface area (Å²) >= 11 is 0. The van der Waals surface area contributed by atoms with Crippen LogP contribution in [0.5, 0.6) is 0 Å². The molecule has 0 bridgehead atoms. The summed E-state index contributed by atoms with van der Waals surface area (Å²) in [4.78, 5) is 43.1. The van der Waals surface area contributed by atoms with Crippen LogP contribution in [-0.2, 0) is 37.5 Å². The molecule has 4 N–H and O–H groups in total. The Balaban J connectivity index is 4.45. The molecule has 0 heterocycles. The summed E-state index contributed by atoms with van der Waals surface area (Å²) in [7, 11) is -4.64. The molecule has 0 aromatic carbocycles. The summed E-state index contributed by atoms with van der Waals surface area (Å²) in [5.74, 6) is -2.60. The molecule has 3 unspecified atom stereocenters. The van der Waals surface area contributed by atoms with Crippen molar-refractivity contribution < 1.29 is 47.5 Å². The van der Waals surface area contributed by atoms with E-state index in [2.05, 4.69) is 11.4 Å². The summed E-state index contributed by atoms with van der Waals surface area (Å²) in [5, 5.41) is 8.63. The molecule has 0 radical (unpaired) electrons. The van der Waals surface area contributed by atoms with Crippen LogP contribution in [0.4, 0.5) is 0 Å². The molecule has 0 aliphatic heterocycles. The van der Waals surface area contributed by atoms with Crippen molar-refractivity contribution in [2.45, 2.75) is 70.9 Å². The molecule has 12 heteroatoms. The van der Waals surface area contributed by atoms with E-state index in [-0.39, 0.29) is 13.0 Å². The second-order valence-corrected chi connectivity index (χ2v) is 7.89. The highest BCUT2D eigenvalue weighted by molar-refractivity contribution is 7.47. The van der Waals surface area contributed by atoms with Gasteiger partial charge >= 0.3 is 25.7 Å². The standard InChI is InChI=1S/C17H32NO10P/c1-3-4-5-6-7-8-9-16(20)28-14(10-25-13(2)19)11-26-29(23,24)27-12-15(18)17(21)22/h14-15H,3-12,18H2,1-2H3,(H,21,22)(H,23,24). The summed E-state index contributed by atoms with van der Waals surface area (Å²) in [6, 6.07) is -1.51. The molecule has 3 atom stereocenters. The number of carbonyl (C=O) groups excluding carboxylic acids is 2. The fraction of sp³-hybridized carbons (Fsp3) is 0.824. The monoisotopic (exact) mass is 441 g/mol. The van der Waals surface area contributed by atoms with E-state index in [1.807, 2.05) is 0 Å². The van der Waals surface area contributed by atoms with Crippen LogP contribution in [0.2, 0.25) is 0 Å². The predicted molar refractivity (Wildman–Crippen MR) is 102 cm³/mol. The SMILES string of the molecule is CCCCCCCCC(=O)OC(COC(C)=O)COP(=O)(O)OCC(N)C(=O)O. The Labute approximate surface area is 170 Å². The molecular formula is C17H32NO10P. The third-order valence-corrected chi connectivity index (χ3v) is 4.61. The Hall–Kier alpha value is -1.52. The average Bonchev–Trinajstić information content (AvgIpc) is 2.64. The predicted octanol–water partition coefficient (Wildman–Crippen LogP) is 1.76. The maximum atomic E-state index is 11.9. The fourth-order valence-corrected chi connectivity index (χ4v) is 2.86. The molecule has 0 aromatic heterocycles. The number of phosphoric acid groups is 1. The molecule has 0 rings (SSSR count). The van der Waals surface area contributed by atoms with E-state index < -0.39 is 51.1 Å². The number of carbonyl (C=O) groups is 3. The molecule has 0 saturated heterocycles. The van der Waals surface area contributed by atoms with Gasteiger partial charge in [-0.2, -0.15) is 0 Å². The van der Waals surface area contributed by atoms with Crippen LogP contribution in [0.3, 0.4) is 0 Å².